The van der Waals surface area contributed by atoms with Crippen LogP contribution in [0.15, 0.2) is 58.8 Å². The Kier molecular flexibility index (Phi) is 6.37. The highest BCUT2D eigenvalue weighted by Crippen LogP contribution is 2.37. The number of thiocarbonyl (C=S) groups is 1. The van der Waals surface area contributed by atoms with Crippen LogP contribution in [0.2, 0.25) is 0 Å². The van der Waals surface area contributed by atoms with E-state index in [2.05, 4.69) is 65.4 Å². The minimum Gasteiger partial charge on any atom is -0.351 e. The number of allylic oxidation sites excluding steroid dienone is 1. The van der Waals surface area contributed by atoms with E-state index in [9.17, 15) is 4.39 Å². The number of rotatable bonds is 6. The molecule has 3 aromatic rings. The molecule has 2 heterocycles. The normalized spacial score (nSPS) is 16.6. The van der Waals surface area contributed by atoms with E-state index in [0.717, 1.165) is 29.8 Å². The molecule has 0 spiro atoms. The monoisotopic (exact) mass is 450 g/mol. The van der Waals surface area contributed by atoms with Gasteiger partial charge >= 0.3 is 0 Å². The van der Waals surface area contributed by atoms with E-state index in [1.807, 2.05) is 6.92 Å². The Labute approximate surface area is 193 Å². The molecule has 166 valence electrons. The van der Waals surface area contributed by atoms with Gasteiger partial charge in [-0.3, -0.25) is 0 Å². The zero-order valence-corrected chi connectivity index (χ0v) is 19.5. The molecule has 2 aromatic carbocycles. The van der Waals surface area contributed by atoms with Gasteiger partial charge in [0.15, 0.2) is 5.11 Å². The lowest BCUT2D eigenvalue weighted by molar-refractivity contribution is 0.390. The standard InChI is InChI=1S/C25H27FN4OS/c1-15(2)13-14-30-17(4)21(22(27-25(30)32)18-7-5-16(3)6-8-18)24-28-23(29-31-24)19-9-11-20(26)12-10-19/h5-12,15,22H,13-14H2,1-4H3,(H,27,32). The van der Waals surface area contributed by atoms with Crippen LogP contribution < -0.4 is 5.32 Å². The highest BCUT2D eigenvalue weighted by atomic mass is 32.1. The van der Waals surface area contributed by atoms with Crippen LogP contribution >= 0.6 is 12.2 Å². The van der Waals surface area contributed by atoms with Gasteiger partial charge in [0.1, 0.15) is 5.82 Å². The van der Waals surface area contributed by atoms with Crippen molar-refractivity contribution >= 4 is 22.9 Å². The van der Waals surface area contributed by atoms with Gasteiger partial charge < -0.3 is 14.7 Å². The van der Waals surface area contributed by atoms with E-state index in [0.29, 0.717) is 28.3 Å². The van der Waals surface area contributed by atoms with Crippen molar-refractivity contribution in [3.05, 3.63) is 77.1 Å². The Balaban J connectivity index is 1.78. The lowest BCUT2D eigenvalue weighted by atomic mass is 9.94. The summed E-state index contributed by atoms with van der Waals surface area (Å²) in [5.41, 5.74) is 4.84. The summed E-state index contributed by atoms with van der Waals surface area (Å²) in [6.45, 7) is 9.31. The quantitative estimate of drug-likeness (QED) is 0.473. The van der Waals surface area contributed by atoms with E-state index in [4.69, 9.17) is 16.7 Å². The van der Waals surface area contributed by atoms with Crippen LogP contribution in [0.25, 0.3) is 17.0 Å². The average Bonchev–Trinajstić information content (AvgIpc) is 3.23. The predicted octanol–water partition coefficient (Wildman–Crippen LogP) is 5.89. The molecular formula is C25H27FN4OS. The van der Waals surface area contributed by atoms with Crippen LogP contribution in [0.3, 0.4) is 0 Å². The van der Waals surface area contributed by atoms with Gasteiger partial charge in [-0.1, -0.05) is 48.8 Å². The highest BCUT2D eigenvalue weighted by molar-refractivity contribution is 7.80. The first-order valence-corrected chi connectivity index (χ1v) is 11.2. The van der Waals surface area contributed by atoms with Gasteiger partial charge in [-0.25, -0.2) is 4.39 Å². The second-order valence-electron chi connectivity index (χ2n) is 8.56. The van der Waals surface area contributed by atoms with E-state index in [1.165, 1.54) is 17.7 Å². The number of hydrogen-bond acceptors (Lipinski definition) is 4. The second-order valence-corrected chi connectivity index (χ2v) is 8.94. The molecule has 1 unspecified atom stereocenters. The molecule has 1 aliphatic rings. The minimum atomic E-state index is -0.304. The summed E-state index contributed by atoms with van der Waals surface area (Å²) in [7, 11) is 0. The minimum absolute atomic E-state index is 0.208. The molecule has 0 fully saturated rings. The molecule has 0 bridgehead atoms. The lowest BCUT2D eigenvalue weighted by Crippen LogP contribution is -2.46. The van der Waals surface area contributed by atoms with Gasteiger partial charge in [0.05, 0.1) is 11.6 Å². The van der Waals surface area contributed by atoms with E-state index in [1.54, 1.807) is 12.1 Å². The van der Waals surface area contributed by atoms with Crippen molar-refractivity contribution < 1.29 is 8.91 Å². The van der Waals surface area contributed by atoms with Crippen molar-refractivity contribution in [3.63, 3.8) is 0 Å². The number of nitrogens with one attached hydrogen (secondary N) is 1. The summed E-state index contributed by atoms with van der Waals surface area (Å²) in [5.74, 6) is 1.10. The van der Waals surface area contributed by atoms with Gasteiger partial charge in [0, 0.05) is 17.8 Å². The SMILES string of the molecule is CC1=C(c2nc(-c3ccc(F)cc3)no2)C(c2ccc(C)cc2)NC(=S)N1CCC(C)C. The van der Waals surface area contributed by atoms with Crippen molar-refractivity contribution in [2.45, 2.75) is 40.2 Å². The number of aromatic nitrogens is 2. The Hall–Kier alpha value is -3.06. The molecule has 4 rings (SSSR count). The summed E-state index contributed by atoms with van der Waals surface area (Å²) in [6, 6.07) is 14.2. The van der Waals surface area contributed by atoms with E-state index < -0.39 is 0 Å². The largest absolute Gasteiger partial charge is 0.351 e. The van der Waals surface area contributed by atoms with E-state index >= 15 is 0 Å². The van der Waals surface area contributed by atoms with Crippen LogP contribution in [0, 0.1) is 18.7 Å². The molecule has 0 aliphatic carbocycles. The van der Waals surface area contributed by atoms with E-state index in [-0.39, 0.29) is 11.9 Å². The van der Waals surface area contributed by atoms with Gasteiger partial charge in [-0.2, -0.15) is 4.98 Å². The molecule has 0 radical (unpaired) electrons. The van der Waals surface area contributed by atoms with Crippen molar-refractivity contribution in [1.29, 1.82) is 0 Å². The van der Waals surface area contributed by atoms with Crippen molar-refractivity contribution in [2.75, 3.05) is 6.54 Å². The molecular weight excluding hydrogens is 423 g/mol. The molecule has 1 aromatic heterocycles. The van der Waals surface area contributed by atoms with Crippen molar-refractivity contribution in [2.24, 2.45) is 5.92 Å². The van der Waals surface area contributed by atoms with Gasteiger partial charge in [-0.15, -0.1) is 0 Å². The third-order valence-corrected chi connectivity index (χ3v) is 6.03. The fourth-order valence-electron chi connectivity index (χ4n) is 3.77. The summed E-state index contributed by atoms with van der Waals surface area (Å²) in [4.78, 5) is 6.77. The van der Waals surface area contributed by atoms with Gasteiger partial charge in [-0.05, 0) is 68.2 Å². The summed E-state index contributed by atoms with van der Waals surface area (Å²) in [6.07, 6.45) is 1.01. The molecule has 0 saturated heterocycles. The number of benzene rings is 2. The van der Waals surface area contributed by atoms with Crippen LogP contribution in [0.4, 0.5) is 4.39 Å². The number of nitrogens with zero attached hydrogens (tertiary/aromatic N) is 3. The molecule has 0 saturated carbocycles. The fraction of sp³-hybridized carbons (Fsp3) is 0.320. The number of aryl methyl sites for hydroxylation is 1. The zero-order valence-electron chi connectivity index (χ0n) is 18.7. The Bertz CT molecular complexity index is 1140. The van der Waals surface area contributed by atoms with Gasteiger partial charge in [0.2, 0.25) is 5.82 Å². The molecule has 0 amide bonds. The molecule has 32 heavy (non-hydrogen) atoms. The molecule has 1 aliphatic heterocycles. The lowest BCUT2D eigenvalue weighted by Gasteiger charge is -2.37. The third-order valence-electron chi connectivity index (χ3n) is 5.70. The fourth-order valence-corrected chi connectivity index (χ4v) is 4.12. The maximum absolute atomic E-state index is 13.3. The smallest absolute Gasteiger partial charge is 0.258 e. The molecule has 7 heteroatoms. The topological polar surface area (TPSA) is 54.2 Å². The number of hydrogen-bond donors (Lipinski definition) is 1. The predicted molar refractivity (Wildman–Crippen MR) is 128 cm³/mol. The first-order chi connectivity index (χ1) is 15.3. The van der Waals surface area contributed by atoms with Crippen molar-refractivity contribution in [3.8, 4) is 11.4 Å². The third kappa shape index (κ3) is 4.58. The first kappa shape index (κ1) is 22.1. The maximum atomic E-state index is 13.3. The van der Waals surface area contributed by atoms with Crippen LogP contribution in [0.5, 0.6) is 0 Å². The summed E-state index contributed by atoms with van der Waals surface area (Å²) >= 11 is 5.73. The maximum Gasteiger partial charge on any atom is 0.258 e. The molecule has 1 N–H and O–H groups in total. The molecule has 1 atom stereocenters. The van der Waals surface area contributed by atoms with Crippen molar-refractivity contribution in [1.82, 2.24) is 20.4 Å². The Morgan fingerprint density at radius 2 is 1.78 bits per heavy atom. The van der Waals surface area contributed by atoms with Gasteiger partial charge in [0.25, 0.3) is 5.89 Å². The molecule has 5 nitrogen and oxygen atoms in total. The average molecular weight is 451 g/mol. The van der Waals surface area contributed by atoms with Crippen LogP contribution in [-0.2, 0) is 0 Å². The first-order valence-electron chi connectivity index (χ1n) is 10.8. The summed E-state index contributed by atoms with van der Waals surface area (Å²) in [5, 5.41) is 8.34. The number of halogens is 1. The Morgan fingerprint density at radius 3 is 2.44 bits per heavy atom. The van der Waals surface area contributed by atoms with Crippen LogP contribution in [0.1, 0.15) is 50.3 Å². The van der Waals surface area contributed by atoms with Crippen LogP contribution in [-0.4, -0.2) is 26.7 Å². The second kappa shape index (κ2) is 9.20. The zero-order chi connectivity index (χ0) is 22.8. The summed E-state index contributed by atoms with van der Waals surface area (Å²) < 4.78 is 19.0. The Morgan fingerprint density at radius 1 is 1.09 bits per heavy atom. The highest BCUT2D eigenvalue weighted by Gasteiger charge is 2.34.